The molecular formula is C21H27NO. The number of nitrogens with zero attached hydrogens (tertiary/aromatic N) is 1. The SMILES string of the molecule is CCCCCCCCCCN1C(=O)c2cccc3cccc1c23. The van der Waals surface area contributed by atoms with Crippen LogP contribution in [-0.2, 0) is 0 Å². The molecule has 1 amide bonds. The predicted molar refractivity (Wildman–Crippen MR) is 98.2 cm³/mol. The minimum atomic E-state index is 0.180. The van der Waals surface area contributed by atoms with Gasteiger partial charge in [-0.3, -0.25) is 4.79 Å². The van der Waals surface area contributed by atoms with Crippen molar-refractivity contribution in [3.63, 3.8) is 0 Å². The van der Waals surface area contributed by atoms with E-state index in [2.05, 4.69) is 31.2 Å². The summed E-state index contributed by atoms with van der Waals surface area (Å²) in [5.74, 6) is 0.180. The summed E-state index contributed by atoms with van der Waals surface area (Å²) in [5.41, 5.74) is 1.98. The summed E-state index contributed by atoms with van der Waals surface area (Å²) in [7, 11) is 0. The van der Waals surface area contributed by atoms with E-state index in [0.29, 0.717) is 0 Å². The van der Waals surface area contributed by atoms with Gasteiger partial charge in [0.25, 0.3) is 5.91 Å². The first-order valence-corrected chi connectivity index (χ1v) is 9.16. The third kappa shape index (κ3) is 3.41. The number of carbonyl (C=O) groups is 1. The Balaban J connectivity index is 1.53. The molecule has 3 rings (SSSR count). The fraction of sp³-hybridized carbons (Fsp3) is 0.476. The molecule has 0 bridgehead atoms. The zero-order chi connectivity index (χ0) is 16.1. The van der Waals surface area contributed by atoms with Crippen LogP contribution in [0.1, 0.15) is 68.6 Å². The van der Waals surface area contributed by atoms with E-state index in [-0.39, 0.29) is 5.91 Å². The second kappa shape index (κ2) is 7.63. The summed E-state index contributed by atoms with van der Waals surface area (Å²) in [4.78, 5) is 14.6. The highest BCUT2D eigenvalue weighted by molar-refractivity contribution is 6.24. The van der Waals surface area contributed by atoms with Gasteiger partial charge in [0.2, 0.25) is 0 Å². The smallest absolute Gasteiger partial charge is 0.258 e. The fourth-order valence-electron chi connectivity index (χ4n) is 3.60. The van der Waals surface area contributed by atoms with Crippen molar-refractivity contribution >= 4 is 22.4 Å². The molecule has 0 saturated heterocycles. The van der Waals surface area contributed by atoms with Crippen molar-refractivity contribution < 1.29 is 4.79 Å². The van der Waals surface area contributed by atoms with E-state index in [9.17, 15) is 4.79 Å². The van der Waals surface area contributed by atoms with E-state index in [4.69, 9.17) is 0 Å². The second-order valence-electron chi connectivity index (χ2n) is 6.61. The molecule has 0 radical (unpaired) electrons. The highest BCUT2D eigenvalue weighted by atomic mass is 16.2. The molecule has 2 aromatic carbocycles. The molecule has 0 unspecified atom stereocenters. The first-order chi connectivity index (χ1) is 11.3. The summed E-state index contributed by atoms with van der Waals surface area (Å²) in [6.45, 7) is 3.10. The quantitative estimate of drug-likeness (QED) is 0.525. The number of unbranched alkanes of at least 4 members (excludes halogenated alkanes) is 7. The molecule has 2 heteroatoms. The Morgan fingerprint density at radius 3 is 2.22 bits per heavy atom. The van der Waals surface area contributed by atoms with Crippen LogP contribution in [0.15, 0.2) is 36.4 Å². The molecular weight excluding hydrogens is 282 g/mol. The van der Waals surface area contributed by atoms with Crippen molar-refractivity contribution in [2.24, 2.45) is 0 Å². The van der Waals surface area contributed by atoms with E-state index in [1.54, 1.807) is 0 Å². The number of amides is 1. The maximum Gasteiger partial charge on any atom is 0.258 e. The van der Waals surface area contributed by atoms with Crippen LogP contribution >= 0.6 is 0 Å². The summed E-state index contributed by atoms with van der Waals surface area (Å²) in [6, 6.07) is 12.3. The zero-order valence-electron chi connectivity index (χ0n) is 14.2. The molecule has 0 spiro atoms. The van der Waals surface area contributed by atoms with Crippen LogP contribution in [0.2, 0.25) is 0 Å². The molecule has 0 atom stereocenters. The average molecular weight is 309 g/mol. The minimum Gasteiger partial charge on any atom is -0.308 e. The van der Waals surface area contributed by atoms with Gasteiger partial charge in [-0.2, -0.15) is 0 Å². The minimum absolute atomic E-state index is 0.180. The molecule has 0 N–H and O–H groups in total. The van der Waals surface area contributed by atoms with Crippen molar-refractivity contribution in [1.29, 1.82) is 0 Å². The van der Waals surface area contributed by atoms with Crippen LogP contribution in [0.25, 0.3) is 10.8 Å². The van der Waals surface area contributed by atoms with Crippen LogP contribution in [0.3, 0.4) is 0 Å². The van der Waals surface area contributed by atoms with E-state index in [0.717, 1.165) is 29.6 Å². The van der Waals surface area contributed by atoms with E-state index in [1.807, 2.05) is 17.0 Å². The lowest BCUT2D eigenvalue weighted by atomic mass is 10.1. The van der Waals surface area contributed by atoms with Gasteiger partial charge in [0, 0.05) is 17.5 Å². The van der Waals surface area contributed by atoms with Crippen LogP contribution in [0, 0.1) is 0 Å². The summed E-state index contributed by atoms with van der Waals surface area (Å²) >= 11 is 0. The van der Waals surface area contributed by atoms with Crippen LogP contribution in [-0.4, -0.2) is 12.5 Å². The first-order valence-electron chi connectivity index (χ1n) is 9.16. The maximum absolute atomic E-state index is 12.6. The molecule has 0 aliphatic carbocycles. The molecule has 0 fully saturated rings. The van der Waals surface area contributed by atoms with Crippen molar-refractivity contribution in [3.05, 3.63) is 42.0 Å². The number of carbonyl (C=O) groups excluding carboxylic acids is 1. The molecule has 1 aliphatic rings. The van der Waals surface area contributed by atoms with Gasteiger partial charge >= 0.3 is 0 Å². The van der Waals surface area contributed by atoms with Crippen LogP contribution in [0.4, 0.5) is 5.69 Å². The predicted octanol–water partition coefficient (Wildman–Crippen LogP) is 5.94. The summed E-state index contributed by atoms with van der Waals surface area (Å²) < 4.78 is 0. The van der Waals surface area contributed by atoms with Gasteiger partial charge in [-0.1, -0.05) is 76.1 Å². The number of anilines is 1. The summed E-state index contributed by atoms with van der Waals surface area (Å²) in [6.07, 6.45) is 10.4. The third-order valence-corrected chi connectivity index (χ3v) is 4.88. The first kappa shape index (κ1) is 16.0. The molecule has 1 aliphatic heterocycles. The van der Waals surface area contributed by atoms with E-state index in [1.165, 1.54) is 50.3 Å². The van der Waals surface area contributed by atoms with Crippen molar-refractivity contribution in [2.75, 3.05) is 11.4 Å². The Morgan fingerprint density at radius 2 is 1.48 bits per heavy atom. The summed E-state index contributed by atoms with van der Waals surface area (Å²) in [5, 5.41) is 2.31. The molecule has 0 aromatic heterocycles. The molecule has 2 aromatic rings. The lowest BCUT2D eigenvalue weighted by Crippen LogP contribution is -2.27. The van der Waals surface area contributed by atoms with E-state index >= 15 is 0 Å². The number of rotatable bonds is 9. The molecule has 122 valence electrons. The van der Waals surface area contributed by atoms with Crippen molar-refractivity contribution in [2.45, 2.75) is 58.3 Å². The average Bonchev–Trinajstić information content (AvgIpc) is 2.85. The second-order valence-corrected chi connectivity index (χ2v) is 6.61. The van der Waals surface area contributed by atoms with Crippen LogP contribution < -0.4 is 4.90 Å². The van der Waals surface area contributed by atoms with Gasteiger partial charge in [0.05, 0.1) is 5.69 Å². The van der Waals surface area contributed by atoms with Crippen LogP contribution in [0.5, 0.6) is 0 Å². The highest BCUT2D eigenvalue weighted by Gasteiger charge is 2.28. The van der Waals surface area contributed by atoms with Crippen molar-refractivity contribution in [3.8, 4) is 0 Å². The van der Waals surface area contributed by atoms with E-state index < -0.39 is 0 Å². The molecule has 0 saturated carbocycles. The maximum atomic E-state index is 12.6. The molecule has 1 heterocycles. The largest absolute Gasteiger partial charge is 0.308 e. The normalized spacial score (nSPS) is 13.3. The molecule has 23 heavy (non-hydrogen) atoms. The Morgan fingerprint density at radius 1 is 0.826 bits per heavy atom. The Bertz CT molecular complexity index is 671. The Kier molecular flexibility index (Phi) is 5.32. The van der Waals surface area contributed by atoms with Crippen molar-refractivity contribution in [1.82, 2.24) is 0 Å². The van der Waals surface area contributed by atoms with Gasteiger partial charge in [-0.05, 0) is 23.9 Å². The Hall–Kier alpha value is -1.83. The monoisotopic (exact) mass is 309 g/mol. The highest BCUT2D eigenvalue weighted by Crippen LogP contribution is 2.37. The van der Waals surface area contributed by atoms with Gasteiger partial charge in [0.15, 0.2) is 0 Å². The lowest BCUT2D eigenvalue weighted by molar-refractivity contribution is 0.0992. The third-order valence-electron chi connectivity index (χ3n) is 4.88. The van der Waals surface area contributed by atoms with Gasteiger partial charge in [-0.15, -0.1) is 0 Å². The number of benzene rings is 2. The van der Waals surface area contributed by atoms with Gasteiger partial charge in [0.1, 0.15) is 0 Å². The zero-order valence-corrected chi connectivity index (χ0v) is 14.2. The topological polar surface area (TPSA) is 20.3 Å². The standard InChI is InChI=1S/C21H27NO/c1-2-3-4-5-6-7-8-9-16-22-19-15-11-13-17-12-10-14-18(20(17)19)21(22)23/h10-15H,2-9,16H2,1H3. The van der Waals surface area contributed by atoms with Gasteiger partial charge < -0.3 is 4.90 Å². The lowest BCUT2D eigenvalue weighted by Gasteiger charge is -2.17. The number of hydrogen-bond acceptors (Lipinski definition) is 1. The number of hydrogen-bond donors (Lipinski definition) is 0. The Labute approximate surface area is 139 Å². The fourth-order valence-corrected chi connectivity index (χ4v) is 3.60. The molecule has 2 nitrogen and oxygen atoms in total. The van der Waals surface area contributed by atoms with Gasteiger partial charge in [-0.25, -0.2) is 0 Å².